The van der Waals surface area contributed by atoms with E-state index in [1.165, 1.54) is 5.56 Å². The highest BCUT2D eigenvalue weighted by atomic mass is 79.9. The molecule has 1 rings (SSSR count). The van der Waals surface area contributed by atoms with Crippen LogP contribution in [0.25, 0.3) is 0 Å². The van der Waals surface area contributed by atoms with Gasteiger partial charge in [0.2, 0.25) is 0 Å². The molecule has 1 aromatic carbocycles. The molecule has 0 aliphatic carbocycles. The van der Waals surface area contributed by atoms with Gasteiger partial charge < -0.3 is 15.4 Å². The van der Waals surface area contributed by atoms with Crippen molar-refractivity contribution < 1.29 is 4.74 Å². The van der Waals surface area contributed by atoms with Crippen molar-refractivity contribution in [1.29, 1.82) is 0 Å². The lowest BCUT2D eigenvalue weighted by Gasteiger charge is -2.17. The summed E-state index contributed by atoms with van der Waals surface area (Å²) in [5.74, 6) is 0.859. The van der Waals surface area contributed by atoms with Crippen molar-refractivity contribution in [2.75, 3.05) is 27.7 Å². The Balaban J connectivity index is 2.89. The van der Waals surface area contributed by atoms with Gasteiger partial charge in [0.05, 0.1) is 11.6 Å². The molecule has 0 bridgehead atoms. The molecule has 2 N–H and O–H groups in total. The smallest absolute Gasteiger partial charge is 0.133 e. The van der Waals surface area contributed by atoms with Crippen molar-refractivity contribution in [1.82, 2.24) is 10.6 Å². The van der Waals surface area contributed by atoms with Crippen LogP contribution in [0, 0.1) is 0 Å². The fourth-order valence-electron chi connectivity index (χ4n) is 1.49. The second-order valence-electron chi connectivity index (χ2n) is 3.29. The molecule has 15 heavy (non-hydrogen) atoms. The van der Waals surface area contributed by atoms with E-state index in [0.29, 0.717) is 6.04 Å². The number of likely N-dealkylation sites (N-methyl/N-ethyl adjacent to an activating group) is 2. The van der Waals surface area contributed by atoms with Gasteiger partial charge in [0.1, 0.15) is 5.75 Å². The molecule has 1 aromatic rings. The maximum Gasteiger partial charge on any atom is 0.133 e. The topological polar surface area (TPSA) is 33.3 Å². The van der Waals surface area contributed by atoms with Crippen LogP contribution in [0.15, 0.2) is 22.7 Å². The summed E-state index contributed by atoms with van der Waals surface area (Å²) >= 11 is 3.48. The van der Waals surface area contributed by atoms with Crippen LogP contribution in [0.3, 0.4) is 0 Å². The Hall–Kier alpha value is -0.580. The molecule has 0 spiro atoms. The van der Waals surface area contributed by atoms with Crippen LogP contribution >= 0.6 is 15.9 Å². The van der Waals surface area contributed by atoms with E-state index in [0.717, 1.165) is 16.8 Å². The molecule has 0 saturated heterocycles. The number of nitrogens with one attached hydrogen (secondary N) is 2. The van der Waals surface area contributed by atoms with E-state index in [1.807, 2.05) is 20.2 Å². The first-order valence-corrected chi connectivity index (χ1v) is 5.67. The highest BCUT2D eigenvalue weighted by Crippen LogP contribution is 2.27. The van der Waals surface area contributed by atoms with Crippen LogP contribution in [0.5, 0.6) is 5.75 Å². The molecule has 0 radical (unpaired) electrons. The van der Waals surface area contributed by atoms with Gasteiger partial charge in [0, 0.05) is 12.6 Å². The minimum atomic E-state index is 0.317. The molecule has 0 aliphatic rings. The number of hydrogen-bond donors (Lipinski definition) is 2. The van der Waals surface area contributed by atoms with E-state index in [2.05, 4.69) is 38.7 Å². The Morgan fingerprint density at radius 1 is 1.40 bits per heavy atom. The lowest BCUT2D eigenvalue weighted by Crippen LogP contribution is -2.27. The van der Waals surface area contributed by atoms with Crippen molar-refractivity contribution in [2.24, 2.45) is 0 Å². The van der Waals surface area contributed by atoms with Gasteiger partial charge in [-0.2, -0.15) is 0 Å². The Morgan fingerprint density at radius 2 is 2.13 bits per heavy atom. The van der Waals surface area contributed by atoms with Gasteiger partial charge in [0.15, 0.2) is 0 Å². The van der Waals surface area contributed by atoms with E-state index in [-0.39, 0.29) is 0 Å². The number of hydrogen-bond acceptors (Lipinski definition) is 3. The SMILES string of the molecule is CNCC(NC)c1ccc(OC)c(Br)c1. The molecule has 84 valence electrons. The molecule has 1 atom stereocenters. The predicted molar refractivity (Wildman–Crippen MR) is 66.4 cm³/mol. The summed E-state index contributed by atoms with van der Waals surface area (Å²) in [6.45, 7) is 0.898. The molecule has 4 heteroatoms. The van der Waals surface area contributed by atoms with E-state index >= 15 is 0 Å². The molecular weight excluding hydrogens is 256 g/mol. The van der Waals surface area contributed by atoms with E-state index in [9.17, 15) is 0 Å². The molecule has 0 heterocycles. The lowest BCUT2D eigenvalue weighted by molar-refractivity contribution is 0.411. The summed E-state index contributed by atoms with van der Waals surface area (Å²) in [5, 5.41) is 6.42. The van der Waals surface area contributed by atoms with Crippen molar-refractivity contribution >= 4 is 15.9 Å². The summed E-state index contributed by atoms with van der Waals surface area (Å²) in [7, 11) is 5.58. The number of benzene rings is 1. The quantitative estimate of drug-likeness (QED) is 0.860. The fraction of sp³-hybridized carbons (Fsp3) is 0.455. The third-order valence-electron chi connectivity index (χ3n) is 2.33. The molecule has 3 nitrogen and oxygen atoms in total. The van der Waals surface area contributed by atoms with Crippen LogP contribution in [0.4, 0.5) is 0 Å². The normalized spacial score (nSPS) is 12.5. The molecule has 0 aromatic heterocycles. The summed E-state index contributed by atoms with van der Waals surface area (Å²) in [6.07, 6.45) is 0. The largest absolute Gasteiger partial charge is 0.496 e. The van der Waals surface area contributed by atoms with Crippen LogP contribution < -0.4 is 15.4 Å². The van der Waals surface area contributed by atoms with Crippen LogP contribution in [0.1, 0.15) is 11.6 Å². The van der Waals surface area contributed by atoms with Crippen molar-refractivity contribution in [3.8, 4) is 5.75 Å². The molecule has 0 amide bonds. The predicted octanol–water partition coefficient (Wildman–Crippen LogP) is 1.94. The second-order valence-corrected chi connectivity index (χ2v) is 4.15. The average Bonchev–Trinajstić information content (AvgIpc) is 2.25. The van der Waals surface area contributed by atoms with Crippen LogP contribution in [0.2, 0.25) is 0 Å². The highest BCUT2D eigenvalue weighted by Gasteiger charge is 2.09. The maximum absolute atomic E-state index is 5.19. The molecule has 0 fully saturated rings. The third-order valence-corrected chi connectivity index (χ3v) is 2.95. The Kier molecular flexibility index (Phi) is 5.08. The molecule has 1 unspecified atom stereocenters. The summed E-state index contributed by atoms with van der Waals surface area (Å²) in [6, 6.07) is 6.44. The highest BCUT2D eigenvalue weighted by molar-refractivity contribution is 9.10. The van der Waals surface area contributed by atoms with Crippen LogP contribution in [-0.2, 0) is 0 Å². The molecule has 0 aliphatic heterocycles. The zero-order valence-corrected chi connectivity index (χ0v) is 10.9. The van der Waals surface area contributed by atoms with Crippen molar-refractivity contribution in [3.63, 3.8) is 0 Å². The first kappa shape index (κ1) is 12.5. The zero-order chi connectivity index (χ0) is 11.3. The standard InChI is InChI=1S/C11H17BrN2O/c1-13-7-10(14-2)8-4-5-11(15-3)9(12)6-8/h4-6,10,13-14H,7H2,1-3H3. The van der Waals surface area contributed by atoms with Gasteiger partial charge in [0.25, 0.3) is 0 Å². The Bertz CT molecular complexity index is 317. The number of ether oxygens (including phenoxy) is 1. The third kappa shape index (κ3) is 3.19. The maximum atomic E-state index is 5.19. The summed E-state index contributed by atoms with van der Waals surface area (Å²) < 4.78 is 6.18. The van der Waals surface area contributed by atoms with Gasteiger partial charge >= 0.3 is 0 Å². The van der Waals surface area contributed by atoms with Gasteiger partial charge in [-0.15, -0.1) is 0 Å². The first-order valence-electron chi connectivity index (χ1n) is 4.88. The van der Waals surface area contributed by atoms with Crippen molar-refractivity contribution in [2.45, 2.75) is 6.04 Å². The fourth-order valence-corrected chi connectivity index (χ4v) is 2.05. The first-order chi connectivity index (χ1) is 7.22. The van der Waals surface area contributed by atoms with Gasteiger partial charge in [-0.05, 0) is 47.7 Å². The summed E-state index contributed by atoms with van der Waals surface area (Å²) in [4.78, 5) is 0. The van der Waals surface area contributed by atoms with Gasteiger partial charge in [-0.25, -0.2) is 0 Å². The lowest BCUT2D eigenvalue weighted by atomic mass is 10.1. The second kappa shape index (κ2) is 6.10. The number of methoxy groups -OCH3 is 1. The van der Waals surface area contributed by atoms with E-state index in [1.54, 1.807) is 7.11 Å². The molecule has 0 saturated carbocycles. The Morgan fingerprint density at radius 3 is 2.60 bits per heavy atom. The minimum absolute atomic E-state index is 0.317. The Labute approximate surface area is 99.3 Å². The van der Waals surface area contributed by atoms with Crippen LogP contribution in [-0.4, -0.2) is 27.7 Å². The van der Waals surface area contributed by atoms with E-state index in [4.69, 9.17) is 4.74 Å². The average molecular weight is 273 g/mol. The number of rotatable bonds is 5. The summed E-state index contributed by atoms with van der Waals surface area (Å²) in [5.41, 5.74) is 1.24. The van der Waals surface area contributed by atoms with E-state index < -0.39 is 0 Å². The van der Waals surface area contributed by atoms with Gasteiger partial charge in [-0.1, -0.05) is 6.07 Å². The zero-order valence-electron chi connectivity index (χ0n) is 9.30. The number of halogens is 1. The minimum Gasteiger partial charge on any atom is -0.496 e. The molecular formula is C11H17BrN2O. The van der Waals surface area contributed by atoms with Crippen molar-refractivity contribution in [3.05, 3.63) is 28.2 Å². The monoisotopic (exact) mass is 272 g/mol. The van der Waals surface area contributed by atoms with Gasteiger partial charge in [-0.3, -0.25) is 0 Å².